The van der Waals surface area contributed by atoms with Crippen LogP contribution in [0, 0.1) is 0 Å². The molecule has 2 bridgehead atoms. The summed E-state index contributed by atoms with van der Waals surface area (Å²) in [5.74, 6) is 1.73. The number of methoxy groups -OCH3 is 1. The number of benzene rings is 2. The van der Waals surface area contributed by atoms with Crippen LogP contribution in [-0.4, -0.2) is 103 Å². The summed E-state index contributed by atoms with van der Waals surface area (Å²) in [6, 6.07) is 13.6. The summed E-state index contributed by atoms with van der Waals surface area (Å²) in [5, 5.41) is 2.29. The van der Waals surface area contributed by atoms with Gasteiger partial charge in [0.05, 0.1) is 24.3 Å². The van der Waals surface area contributed by atoms with Gasteiger partial charge in [0.15, 0.2) is 6.79 Å². The number of ether oxygens (including phenoxy) is 4. The van der Waals surface area contributed by atoms with Gasteiger partial charge < -0.3 is 33.6 Å². The molecule has 0 radical (unpaired) electrons. The number of anilines is 2. The van der Waals surface area contributed by atoms with Crippen LogP contribution in [0.4, 0.5) is 16.3 Å². The lowest BCUT2D eigenvalue weighted by atomic mass is 10.0. The summed E-state index contributed by atoms with van der Waals surface area (Å²) in [5.41, 5.74) is 2.75. The first-order chi connectivity index (χ1) is 22.7. The second kappa shape index (κ2) is 13.0. The molecule has 3 atom stereocenters. The van der Waals surface area contributed by atoms with Crippen molar-refractivity contribution in [3.8, 4) is 11.8 Å². The van der Waals surface area contributed by atoms with Gasteiger partial charge in [0.1, 0.15) is 23.8 Å². The fourth-order valence-electron chi connectivity index (χ4n) is 7.70. The Balaban J connectivity index is 1.20. The van der Waals surface area contributed by atoms with Crippen LogP contribution in [0.5, 0.6) is 11.8 Å². The van der Waals surface area contributed by atoms with Crippen LogP contribution in [0.25, 0.3) is 10.8 Å². The number of aromatic nitrogens is 2. The van der Waals surface area contributed by atoms with Gasteiger partial charge in [-0.25, -0.2) is 4.79 Å². The van der Waals surface area contributed by atoms with Gasteiger partial charge in [-0.1, -0.05) is 24.3 Å². The van der Waals surface area contributed by atoms with Gasteiger partial charge in [-0.05, 0) is 77.9 Å². The fraction of sp³-hybridized carbons (Fsp3) is 0.583. The van der Waals surface area contributed by atoms with Crippen LogP contribution in [0.15, 0.2) is 36.4 Å². The quantitative estimate of drug-likeness (QED) is 0.304. The van der Waals surface area contributed by atoms with Crippen LogP contribution in [0.3, 0.4) is 0 Å². The maximum Gasteiger partial charge on any atom is 0.410 e. The van der Waals surface area contributed by atoms with Gasteiger partial charge in [-0.3, -0.25) is 4.90 Å². The number of carbonyl (C=O) groups excluding carboxylic acids is 1. The number of rotatable bonds is 8. The van der Waals surface area contributed by atoms with Crippen molar-refractivity contribution in [1.82, 2.24) is 19.8 Å². The van der Waals surface area contributed by atoms with Crippen molar-refractivity contribution >= 4 is 28.4 Å². The molecule has 0 N–H and O–H groups in total. The Morgan fingerprint density at radius 3 is 2.49 bits per heavy atom. The predicted molar refractivity (Wildman–Crippen MR) is 181 cm³/mol. The molecule has 0 aliphatic carbocycles. The highest BCUT2D eigenvalue weighted by Gasteiger charge is 2.45. The predicted octanol–water partition coefficient (Wildman–Crippen LogP) is 5.24. The maximum absolute atomic E-state index is 13.2. The molecule has 3 aromatic rings. The monoisotopic (exact) mass is 644 g/mol. The highest BCUT2D eigenvalue weighted by atomic mass is 16.7. The topological polar surface area (TPSA) is 92.7 Å². The molecule has 0 unspecified atom stereocenters. The Kier molecular flexibility index (Phi) is 8.78. The van der Waals surface area contributed by atoms with Crippen molar-refractivity contribution in [2.75, 3.05) is 63.5 Å². The number of likely N-dealkylation sites (N-methyl/N-ethyl adjacent to an activating group) is 1. The fourth-order valence-corrected chi connectivity index (χ4v) is 7.70. The summed E-state index contributed by atoms with van der Waals surface area (Å²) >= 11 is 0. The minimum Gasteiger partial charge on any atom is -0.467 e. The molecule has 252 valence electrons. The minimum atomic E-state index is -0.522. The lowest BCUT2D eigenvalue weighted by Gasteiger charge is -2.43. The van der Waals surface area contributed by atoms with Crippen LogP contribution < -0.4 is 19.3 Å². The van der Waals surface area contributed by atoms with Gasteiger partial charge in [-0.15, -0.1) is 0 Å². The summed E-state index contributed by atoms with van der Waals surface area (Å²) in [7, 11) is 3.79. The van der Waals surface area contributed by atoms with Crippen LogP contribution >= 0.6 is 0 Å². The van der Waals surface area contributed by atoms with E-state index in [1.807, 2.05) is 25.7 Å². The smallest absolute Gasteiger partial charge is 0.410 e. The zero-order valence-electron chi connectivity index (χ0n) is 28.4. The Hall–Kier alpha value is -3.83. The first kappa shape index (κ1) is 31.8. The second-order valence-electron chi connectivity index (χ2n) is 14.4. The molecule has 7 rings (SSSR count). The number of carbonyl (C=O) groups is 1. The van der Waals surface area contributed by atoms with Gasteiger partial charge in [0.25, 0.3) is 0 Å². The summed E-state index contributed by atoms with van der Waals surface area (Å²) in [6.45, 7) is 10.5. The summed E-state index contributed by atoms with van der Waals surface area (Å²) in [4.78, 5) is 32.5. The molecule has 5 heterocycles. The van der Waals surface area contributed by atoms with Crippen molar-refractivity contribution < 1.29 is 23.7 Å². The van der Waals surface area contributed by atoms with Crippen molar-refractivity contribution in [2.45, 2.75) is 83.1 Å². The number of likely N-dealkylation sites (tertiary alicyclic amines) is 1. The highest BCUT2D eigenvalue weighted by Crippen LogP contribution is 2.39. The standard InChI is InChI=1S/C36H48N6O5/c1-36(2,3)47-35(43)42-25-12-13-26(42)20-41(19-25)33-30-14-16-40(21-31(30)37-34(38-33)45-22-27-10-8-15-39(27)4)32-18-28(46-23-44-5)17-24-9-6-7-11-29(24)32/h6-7,9,11,17-18,25-27H,8,10,12-16,19-23H2,1-5H3/t25-,26+,27-/m0/s1. The van der Waals surface area contributed by atoms with Gasteiger partial charge in [0.2, 0.25) is 0 Å². The van der Waals surface area contributed by atoms with E-state index in [1.54, 1.807) is 7.11 Å². The SMILES string of the molecule is COCOc1cc(N2CCc3c(nc(OC[C@@H]4CCCN4C)nc3N3C[C@H]4CC[C@@H](C3)N4C(=O)OC(C)(C)C)C2)c2ccccc2c1. The normalized spacial score (nSPS) is 22.9. The number of nitrogens with zero attached hydrogens (tertiary/aromatic N) is 6. The van der Waals surface area contributed by atoms with E-state index < -0.39 is 5.60 Å². The summed E-state index contributed by atoms with van der Waals surface area (Å²) in [6.07, 6.45) is 4.82. The second-order valence-corrected chi connectivity index (χ2v) is 14.4. The van der Waals surface area contributed by atoms with Crippen LogP contribution in [0.2, 0.25) is 0 Å². The third kappa shape index (κ3) is 6.65. The van der Waals surface area contributed by atoms with Gasteiger partial charge >= 0.3 is 12.1 Å². The zero-order chi connectivity index (χ0) is 32.7. The van der Waals surface area contributed by atoms with Gasteiger partial charge in [-0.2, -0.15) is 9.97 Å². The largest absolute Gasteiger partial charge is 0.467 e. The van der Waals surface area contributed by atoms with E-state index in [0.717, 1.165) is 80.2 Å². The molecule has 0 saturated carbocycles. The molecule has 4 aliphatic rings. The van der Waals surface area contributed by atoms with E-state index in [9.17, 15) is 4.79 Å². The third-order valence-corrected chi connectivity index (χ3v) is 9.98. The Labute approximate surface area is 277 Å². The van der Waals surface area contributed by atoms with Crippen LogP contribution in [0.1, 0.15) is 57.7 Å². The van der Waals surface area contributed by atoms with Crippen molar-refractivity contribution in [2.24, 2.45) is 0 Å². The Morgan fingerprint density at radius 2 is 1.77 bits per heavy atom. The Morgan fingerprint density at radius 1 is 0.979 bits per heavy atom. The molecule has 11 heteroatoms. The average molecular weight is 645 g/mol. The number of amides is 1. The minimum absolute atomic E-state index is 0.0898. The molecule has 4 aliphatic heterocycles. The molecule has 1 aromatic heterocycles. The molecule has 3 saturated heterocycles. The molecule has 47 heavy (non-hydrogen) atoms. The lowest BCUT2D eigenvalue weighted by Crippen LogP contribution is -2.57. The zero-order valence-corrected chi connectivity index (χ0v) is 28.4. The average Bonchev–Trinajstić information content (AvgIpc) is 3.59. The Bertz CT molecular complexity index is 1600. The van der Waals surface area contributed by atoms with E-state index in [-0.39, 0.29) is 25.0 Å². The molecule has 3 fully saturated rings. The molecule has 11 nitrogen and oxygen atoms in total. The number of hydrogen-bond acceptors (Lipinski definition) is 10. The molecule has 1 amide bonds. The number of piperazine rings is 1. The van der Waals surface area contributed by atoms with Gasteiger partial charge in [0, 0.05) is 55.5 Å². The molecular weight excluding hydrogens is 596 g/mol. The van der Waals surface area contributed by atoms with Crippen molar-refractivity contribution in [1.29, 1.82) is 0 Å². The molecule has 2 aromatic carbocycles. The number of fused-ring (bicyclic) bond motifs is 4. The molecular formula is C36H48N6O5. The van der Waals surface area contributed by atoms with E-state index >= 15 is 0 Å². The summed E-state index contributed by atoms with van der Waals surface area (Å²) < 4.78 is 23.3. The van der Waals surface area contributed by atoms with E-state index in [0.29, 0.717) is 25.2 Å². The first-order valence-corrected chi connectivity index (χ1v) is 17.1. The van der Waals surface area contributed by atoms with E-state index in [1.165, 1.54) is 17.4 Å². The first-order valence-electron chi connectivity index (χ1n) is 17.1. The molecule has 0 spiro atoms. The van der Waals surface area contributed by atoms with Crippen molar-refractivity contribution in [3.05, 3.63) is 47.7 Å². The third-order valence-electron chi connectivity index (χ3n) is 9.98. The maximum atomic E-state index is 13.2. The number of hydrogen-bond donors (Lipinski definition) is 0. The highest BCUT2D eigenvalue weighted by molar-refractivity contribution is 5.95. The van der Waals surface area contributed by atoms with Crippen molar-refractivity contribution in [3.63, 3.8) is 0 Å². The van der Waals surface area contributed by atoms with E-state index in [2.05, 4.69) is 58.1 Å². The van der Waals surface area contributed by atoms with E-state index in [4.69, 9.17) is 28.9 Å². The lowest BCUT2D eigenvalue weighted by molar-refractivity contribution is 0.0122. The van der Waals surface area contributed by atoms with Crippen LogP contribution in [-0.2, 0) is 22.4 Å².